The first-order valence-corrected chi connectivity index (χ1v) is 3.28. The lowest BCUT2D eigenvalue weighted by molar-refractivity contribution is 0.0202. The number of hydrogen-bond donors (Lipinski definition) is 1. The zero-order chi connectivity index (χ0) is 6.69. The van der Waals surface area contributed by atoms with Crippen molar-refractivity contribution >= 4 is 0 Å². The van der Waals surface area contributed by atoms with Gasteiger partial charge in [-0.3, -0.25) is 0 Å². The highest BCUT2D eigenvalue weighted by atomic mass is 16.6. The molecule has 3 heteroatoms. The van der Waals surface area contributed by atoms with Crippen LogP contribution in [-0.4, -0.2) is 19.3 Å². The Morgan fingerprint density at radius 3 is 3.00 bits per heavy atom. The van der Waals surface area contributed by atoms with Crippen LogP contribution in [0.25, 0.3) is 0 Å². The maximum atomic E-state index is 5.14. The highest BCUT2D eigenvalue weighted by Gasteiger charge is 2.21. The van der Waals surface area contributed by atoms with E-state index in [9.17, 15) is 0 Å². The standard InChI is InChI=1S/C6H13NO2/c1-5(9-7)6-2-3-8-4-6/h5-6H,2-4,7H2,1H3. The van der Waals surface area contributed by atoms with Crippen molar-refractivity contribution in [2.75, 3.05) is 13.2 Å². The number of ether oxygens (including phenoxy) is 1. The van der Waals surface area contributed by atoms with E-state index < -0.39 is 0 Å². The van der Waals surface area contributed by atoms with E-state index >= 15 is 0 Å². The molecule has 1 saturated heterocycles. The first kappa shape index (κ1) is 6.99. The highest BCUT2D eigenvalue weighted by molar-refractivity contribution is 4.69. The van der Waals surface area contributed by atoms with Crippen molar-refractivity contribution in [3.8, 4) is 0 Å². The third-order valence-electron chi connectivity index (χ3n) is 1.84. The Morgan fingerprint density at radius 1 is 1.78 bits per heavy atom. The quantitative estimate of drug-likeness (QED) is 0.548. The van der Waals surface area contributed by atoms with Gasteiger partial charge < -0.3 is 9.57 Å². The Kier molecular flexibility index (Phi) is 2.45. The largest absolute Gasteiger partial charge is 0.381 e. The molecule has 0 saturated carbocycles. The Hall–Kier alpha value is -0.120. The first-order chi connectivity index (χ1) is 4.34. The molecule has 0 aromatic heterocycles. The SMILES string of the molecule is CC(ON)C1CCOC1. The molecular formula is C6H13NO2. The molecule has 1 rings (SSSR count). The molecule has 0 radical (unpaired) electrons. The molecule has 2 N–H and O–H groups in total. The van der Waals surface area contributed by atoms with Gasteiger partial charge in [0.05, 0.1) is 12.7 Å². The van der Waals surface area contributed by atoms with Gasteiger partial charge in [0, 0.05) is 12.5 Å². The summed E-state index contributed by atoms with van der Waals surface area (Å²) in [6.07, 6.45) is 1.23. The molecule has 54 valence electrons. The van der Waals surface area contributed by atoms with Crippen molar-refractivity contribution < 1.29 is 9.57 Å². The minimum atomic E-state index is 0.146. The Morgan fingerprint density at radius 2 is 2.56 bits per heavy atom. The molecule has 1 aliphatic heterocycles. The predicted molar refractivity (Wildman–Crippen MR) is 33.7 cm³/mol. The Balaban J connectivity index is 2.24. The summed E-state index contributed by atoms with van der Waals surface area (Å²) in [5, 5.41) is 0. The molecule has 2 atom stereocenters. The van der Waals surface area contributed by atoms with Crippen LogP contribution in [0, 0.1) is 5.92 Å². The maximum absolute atomic E-state index is 5.14. The van der Waals surface area contributed by atoms with E-state index in [1.165, 1.54) is 0 Å². The van der Waals surface area contributed by atoms with Gasteiger partial charge in [0.15, 0.2) is 0 Å². The Labute approximate surface area is 55.1 Å². The number of nitrogens with two attached hydrogens (primary N) is 1. The summed E-state index contributed by atoms with van der Waals surface area (Å²) in [6, 6.07) is 0. The van der Waals surface area contributed by atoms with Gasteiger partial charge in [-0.25, -0.2) is 5.90 Å². The molecule has 0 aliphatic carbocycles. The fourth-order valence-corrected chi connectivity index (χ4v) is 1.03. The van der Waals surface area contributed by atoms with Crippen LogP contribution in [-0.2, 0) is 9.57 Å². The van der Waals surface area contributed by atoms with E-state index in [4.69, 9.17) is 10.6 Å². The van der Waals surface area contributed by atoms with E-state index in [2.05, 4.69) is 4.84 Å². The molecule has 1 fully saturated rings. The number of hydrogen-bond acceptors (Lipinski definition) is 3. The molecule has 0 bridgehead atoms. The van der Waals surface area contributed by atoms with Crippen LogP contribution < -0.4 is 5.90 Å². The summed E-state index contributed by atoms with van der Waals surface area (Å²) in [5.41, 5.74) is 0. The van der Waals surface area contributed by atoms with E-state index in [-0.39, 0.29) is 6.10 Å². The fraction of sp³-hybridized carbons (Fsp3) is 1.00. The van der Waals surface area contributed by atoms with Gasteiger partial charge >= 0.3 is 0 Å². The zero-order valence-electron chi connectivity index (χ0n) is 5.67. The first-order valence-electron chi connectivity index (χ1n) is 3.28. The summed E-state index contributed by atoms with van der Waals surface area (Å²) in [5.74, 6) is 5.51. The normalized spacial score (nSPS) is 30.7. The molecule has 3 nitrogen and oxygen atoms in total. The summed E-state index contributed by atoms with van der Waals surface area (Å²) >= 11 is 0. The van der Waals surface area contributed by atoms with Crippen LogP contribution in [0.1, 0.15) is 13.3 Å². The van der Waals surface area contributed by atoms with E-state index in [1.54, 1.807) is 0 Å². The van der Waals surface area contributed by atoms with E-state index in [0.717, 1.165) is 19.6 Å². The highest BCUT2D eigenvalue weighted by Crippen LogP contribution is 2.17. The van der Waals surface area contributed by atoms with Gasteiger partial charge in [-0.1, -0.05) is 0 Å². The van der Waals surface area contributed by atoms with Crippen LogP contribution in [0.5, 0.6) is 0 Å². The van der Waals surface area contributed by atoms with Gasteiger partial charge in [0.1, 0.15) is 0 Å². The summed E-state index contributed by atoms with van der Waals surface area (Å²) in [6.45, 7) is 3.64. The van der Waals surface area contributed by atoms with Crippen LogP contribution in [0.4, 0.5) is 0 Å². The van der Waals surface area contributed by atoms with Crippen LogP contribution in [0.15, 0.2) is 0 Å². The van der Waals surface area contributed by atoms with Gasteiger partial charge in [0.25, 0.3) is 0 Å². The molecule has 0 aromatic carbocycles. The van der Waals surface area contributed by atoms with Gasteiger partial charge in [0.2, 0.25) is 0 Å². The van der Waals surface area contributed by atoms with Crippen molar-refractivity contribution in [1.82, 2.24) is 0 Å². The zero-order valence-corrected chi connectivity index (χ0v) is 5.67. The lowest BCUT2D eigenvalue weighted by atomic mass is 10.0. The fourth-order valence-electron chi connectivity index (χ4n) is 1.03. The third kappa shape index (κ3) is 1.64. The van der Waals surface area contributed by atoms with Crippen LogP contribution >= 0.6 is 0 Å². The van der Waals surface area contributed by atoms with Crippen molar-refractivity contribution in [1.29, 1.82) is 0 Å². The monoisotopic (exact) mass is 131 g/mol. The number of rotatable bonds is 2. The molecule has 0 amide bonds. The van der Waals surface area contributed by atoms with Gasteiger partial charge in [-0.05, 0) is 13.3 Å². The maximum Gasteiger partial charge on any atom is 0.0810 e. The smallest absolute Gasteiger partial charge is 0.0810 e. The molecule has 1 heterocycles. The third-order valence-corrected chi connectivity index (χ3v) is 1.84. The summed E-state index contributed by atoms with van der Waals surface area (Å²) in [7, 11) is 0. The van der Waals surface area contributed by atoms with Crippen molar-refractivity contribution in [3.05, 3.63) is 0 Å². The topological polar surface area (TPSA) is 44.5 Å². The molecule has 0 spiro atoms. The van der Waals surface area contributed by atoms with Crippen molar-refractivity contribution in [2.45, 2.75) is 19.4 Å². The second-order valence-electron chi connectivity index (χ2n) is 2.46. The average molecular weight is 131 g/mol. The second-order valence-corrected chi connectivity index (χ2v) is 2.46. The van der Waals surface area contributed by atoms with Gasteiger partial charge in [-0.2, -0.15) is 0 Å². The van der Waals surface area contributed by atoms with Crippen LogP contribution in [0.2, 0.25) is 0 Å². The van der Waals surface area contributed by atoms with E-state index in [0.29, 0.717) is 5.92 Å². The molecule has 9 heavy (non-hydrogen) atoms. The lowest BCUT2D eigenvalue weighted by Crippen LogP contribution is -2.23. The van der Waals surface area contributed by atoms with Crippen LogP contribution in [0.3, 0.4) is 0 Å². The molecule has 0 aromatic rings. The molecular weight excluding hydrogens is 118 g/mol. The predicted octanol–water partition coefficient (Wildman–Crippen LogP) is 0.302. The minimum Gasteiger partial charge on any atom is -0.381 e. The Bertz CT molecular complexity index is 81.1. The minimum absolute atomic E-state index is 0.146. The lowest BCUT2D eigenvalue weighted by Gasteiger charge is -2.13. The molecule has 1 aliphatic rings. The van der Waals surface area contributed by atoms with Crippen molar-refractivity contribution in [2.24, 2.45) is 11.8 Å². The van der Waals surface area contributed by atoms with Gasteiger partial charge in [-0.15, -0.1) is 0 Å². The summed E-state index contributed by atoms with van der Waals surface area (Å²) < 4.78 is 5.14. The molecule has 2 unspecified atom stereocenters. The van der Waals surface area contributed by atoms with Crippen molar-refractivity contribution in [3.63, 3.8) is 0 Å². The second kappa shape index (κ2) is 3.15. The summed E-state index contributed by atoms with van der Waals surface area (Å²) in [4.78, 5) is 4.65. The van der Waals surface area contributed by atoms with E-state index in [1.807, 2.05) is 6.92 Å². The average Bonchev–Trinajstić information content (AvgIpc) is 2.37.